The van der Waals surface area contributed by atoms with Gasteiger partial charge >= 0.3 is 0 Å². The molecule has 0 aliphatic carbocycles. The average Bonchev–Trinajstić information content (AvgIpc) is 2.72. The van der Waals surface area contributed by atoms with Crippen LogP contribution < -0.4 is 14.9 Å². The number of amides is 1. The number of piperazine rings is 1. The van der Waals surface area contributed by atoms with E-state index in [0.29, 0.717) is 11.3 Å². The van der Waals surface area contributed by atoms with Crippen molar-refractivity contribution in [3.8, 4) is 0 Å². The highest BCUT2D eigenvalue weighted by atomic mass is 32.2. The molecule has 1 amide bonds. The highest BCUT2D eigenvalue weighted by molar-refractivity contribution is 7.89. The molecule has 32 heavy (non-hydrogen) atoms. The second-order valence-corrected chi connectivity index (χ2v) is 11.4. The lowest BCUT2D eigenvalue weighted by Crippen LogP contribution is -2.44. The van der Waals surface area contributed by atoms with Crippen LogP contribution in [0.25, 0.3) is 0 Å². The normalized spacial score (nSPS) is 20.9. The number of rotatable bonds is 4. The van der Waals surface area contributed by atoms with Crippen LogP contribution in [-0.2, 0) is 15.4 Å². The molecular formula is C24H32N4O3S. The van der Waals surface area contributed by atoms with Crippen molar-refractivity contribution >= 4 is 27.3 Å². The number of hydrogen-bond acceptors (Lipinski definition) is 6. The maximum Gasteiger partial charge on any atom is 0.266 e. The largest absolute Gasteiger partial charge is 0.377 e. The van der Waals surface area contributed by atoms with Gasteiger partial charge in [-0.05, 0) is 48.2 Å². The molecule has 2 N–H and O–H groups in total. The zero-order valence-electron chi connectivity index (χ0n) is 19.2. The molecular weight excluding hydrogens is 424 g/mol. The zero-order chi connectivity index (χ0) is 23.1. The number of likely N-dealkylation sites (N-methyl/N-ethyl adjacent to an activating group) is 1. The number of nitrogens with one attached hydrogen (secondary N) is 2. The molecule has 0 spiro atoms. The van der Waals surface area contributed by atoms with E-state index in [0.717, 1.165) is 44.4 Å². The molecule has 0 aromatic heterocycles. The van der Waals surface area contributed by atoms with Crippen molar-refractivity contribution in [2.45, 2.75) is 31.7 Å². The van der Waals surface area contributed by atoms with Crippen LogP contribution in [0.15, 0.2) is 42.5 Å². The van der Waals surface area contributed by atoms with E-state index in [4.69, 9.17) is 0 Å². The highest BCUT2D eigenvalue weighted by Gasteiger charge is 2.36. The fourth-order valence-electron chi connectivity index (χ4n) is 4.73. The van der Waals surface area contributed by atoms with Gasteiger partial charge in [0, 0.05) is 31.9 Å². The Kier molecular flexibility index (Phi) is 5.94. The Morgan fingerprint density at radius 3 is 2.47 bits per heavy atom. The minimum absolute atomic E-state index is 0.0112. The van der Waals surface area contributed by atoms with Crippen LogP contribution in [0.4, 0.5) is 11.4 Å². The van der Waals surface area contributed by atoms with E-state index < -0.39 is 15.9 Å². The van der Waals surface area contributed by atoms with Crippen molar-refractivity contribution in [1.82, 2.24) is 9.62 Å². The first-order valence-electron chi connectivity index (χ1n) is 11.0. The van der Waals surface area contributed by atoms with E-state index in [2.05, 4.69) is 65.0 Å². The lowest BCUT2D eigenvalue weighted by Gasteiger charge is -2.40. The Labute approximate surface area is 190 Å². The SMILES string of the molecule is CN1CCN(c2cccc(C3CC(C)(C)c4cccc(C(=O)NS(C)(=O)=O)c4N3)c2)CC1. The molecule has 2 aliphatic rings. The molecule has 4 rings (SSSR count). The molecule has 7 nitrogen and oxygen atoms in total. The topological polar surface area (TPSA) is 81.8 Å². The second kappa shape index (κ2) is 8.41. The summed E-state index contributed by atoms with van der Waals surface area (Å²) < 4.78 is 25.4. The number of carbonyl (C=O) groups excluding carboxylic acids is 1. The molecule has 2 heterocycles. The van der Waals surface area contributed by atoms with Gasteiger partial charge in [-0.15, -0.1) is 0 Å². The van der Waals surface area contributed by atoms with Gasteiger partial charge in [0.15, 0.2) is 0 Å². The van der Waals surface area contributed by atoms with Crippen molar-refractivity contribution in [2.75, 3.05) is 49.7 Å². The zero-order valence-corrected chi connectivity index (χ0v) is 20.0. The molecule has 172 valence electrons. The molecule has 1 fully saturated rings. The molecule has 1 unspecified atom stereocenters. The molecule has 0 radical (unpaired) electrons. The smallest absolute Gasteiger partial charge is 0.266 e. The summed E-state index contributed by atoms with van der Waals surface area (Å²) in [6, 6.07) is 14.1. The van der Waals surface area contributed by atoms with Crippen LogP contribution in [-0.4, -0.2) is 58.7 Å². The second-order valence-electron chi connectivity index (χ2n) is 9.60. The third kappa shape index (κ3) is 4.76. The molecule has 0 saturated carbocycles. The molecule has 0 bridgehead atoms. The maximum absolute atomic E-state index is 12.7. The number of sulfonamides is 1. The minimum atomic E-state index is -3.65. The molecule has 1 atom stereocenters. The van der Waals surface area contributed by atoms with E-state index in [1.807, 2.05) is 12.1 Å². The number of fused-ring (bicyclic) bond motifs is 1. The van der Waals surface area contributed by atoms with Crippen molar-refractivity contribution < 1.29 is 13.2 Å². The van der Waals surface area contributed by atoms with Gasteiger partial charge in [0.05, 0.1) is 23.5 Å². The Hall–Kier alpha value is -2.58. The molecule has 1 saturated heterocycles. The molecule has 2 aromatic rings. The van der Waals surface area contributed by atoms with Gasteiger partial charge in [0.1, 0.15) is 0 Å². The van der Waals surface area contributed by atoms with Crippen molar-refractivity contribution in [3.63, 3.8) is 0 Å². The summed E-state index contributed by atoms with van der Waals surface area (Å²) in [5.74, 6) is -0.612. The Morgan fingerprint density at radius 2 is 1.78 bits per heavy atom. The van der Waals surface area contributed by atoms with Gasteiger partial charge in [0.2, 0.25) is 10.0 Å². The summed E-state index contributed by atoms with van der Waals surface area (Å²) in [5, 5.41) is 3.56. The maximum atomic E-state index is 12.7. The van der Waals surface area contributed by atoms with Crippen LogP contribution in [0.2, 0.25) is 0 Å². The Balaban J connectivity index is 1.66. The fraction of sp³-hybridized carbons (Fsp3) is 0.458. The lowest BCUT2D eigenvalue weighted by atomic mass is 9.73. The third-order valence-electron chi connectivity index (χ3n) is 6.49. The molecule has 8 heteroatoms. The number of nitrogens with zero attached hydrogens (tertiary/aromatic N) is 2. The van der Waals surface area contributed by atoms with Crippen LogP contribution in [0.1, 0.15) is 47.8 Å². The van der Waals surface area contributed by atoms with Crippen LogP contribution in [0.5, 0.6) is 0 Å². The van der Waals surface area contributed by atoms with Crippen LogP contribution >= 0.6 is 0 Å². The van der Waals surface area contributed by atoms with Gasteiger partial charge in [0.25, 0.3) is 5.91 Å². The third-order valence-corrected chi connectivity index (χ3v) is 7.05. The Morgan fingerprint density at radius 1 is 1.09 bits per heavy atom. The predicted octanol–water partition coefficient (Wildman–Crippen LogP) is 2.96. The summed E-state index contributed by atoms with van der Waals surface area (Å²) >= 11 is 0. The van der Waals surface area contributed by atoms with E-state index in [-0.39, 0.29) is 11.5 Å². The van der Waals surface area contributed by atoms with Gasteiger partial charge in [-0.2, -0.15) is 0 Å². The summed E-state index contributed by atoms with van der Waals surface area (Å²) in [7, 11) is -1.50. The first-order chi connectivity index (χ1) is 15.0. The van der Waals surface area contributed by atoms with E-state index >= 15 is 0 Å². The number of carbonyl (C=O) groups is 1. The summed E-state index contributed by atoms with van der Waals surface area (Å²) in [6.45, 7) is 8.44. The summed E-state index contributed by atoms with van der Waals surface area (Å²) in [6.07, 6.45) is 1.85. The summed E-state index contributed by atoms with van der Waals surface area (Å²) in [4.78, 5) is 17.5. The Bertz CT molecular complexity index is 1120. The first-order valence-corrected chi connectivity index (χ1v) is 12.9. The number of para-hydroxylation sites is 1. The quantitative estimate of drug-likeness (QED) is 0.736. The minimum Gasteiger partial charge on any atom is -0.377 e. The fourth-order valence-corrected chi connectivity index (χ4v) is 5.18. The van der Waals surface area contributed by atoms with Crippen molar-refractivity contribution in [1.29, 1.82) is 0 Å². The van der Waals surface area contributed by atoms with Crippen LogP contribution in [0.3, 0.4) is 0 Å². The van der Waals surface area contributed by atoms with Gasteiger partial charge < -0.3 is 15.1 Å². The first kappa shape index (κ1) is 22.6. The highest BCUT2D eigenvalue weighted by Crippen LogP contribution is 2.45. The molecule has 2 aromatic carbocycles. The van der Waals surface area contributed by atoms with Gasteiger partial charge in [-0.3, -0.25) is 4.79 Å². The van der Waals surface area contributed by atoms with Crippen LogP contribution in [0, 0.1) is 0 Å². The van der Waals surface area contributed by atoms with Gasteiger partial charge in [-0.25, -0.2) is 13.1 Å². The van der Waals surface area contributed by atoms with Crippen molar-refractivity contribution in [3.05, 3.63) is 59.2 Å². The van der Waals surface area contributed by atoms with E-state index in [9.17, 15) is 13.2 Å². The summed E-state index contributed by atoms with van der Waals surface area (Å²) in [5.41, 5.74) is 4.27. The van der Waals surface area contributed by atoms with E-state index in [1.165, 1.54) is 11.3 Å². The molecule has 2 aliphatic heterocycles. The number of anilines is 2. The number of benzene rings is 2. The lowest BCUT2D eigenvalue weighted by molar-refractivity contribution is 0.0982. The monoisotopic (exact) mass is 456 g/mol. The van der Waals surface area contributed by atoms with Gasteiger partial charge in [-0.1, -0.05) is 38.1 Å². The predicted molar refractivity (Wildman–Crippen MR) is 129 cm³/mol. The van der Waals surface area contributed by atoms with Crippen molar-refractivity contribution in [2.24, 2.45) is 0 Å². The average molecular weight is 457 g/mol. The standard InChI is InChI=1S/C24H32N4O3S/c1-24(2)16-21(17-7-5-8-18(15-17)28-13-11-27(3)12-14-28)25-22-19(9-6-10-20(22)24)23(29)26-32(4,30)31/h5-10,15,21,25H,11-14,16H2,1-4H3,(H,26,29). The number of hydrogen-bond donors (Lipinski definition) is 2. The van der Waals surface area contributed by atoms with E-state index in [1.54, 1.807) is 6.07 Å².